The normalized spacial score (nSPS) is 15.6. The predicted molar refractivity (Wildman–Crippen MR) is 69.2 cm³/mol. The van der Waals surface area contributed by atoms with Crippen molar-refractivity contribution in [2.45, 2.75) is 13.3 Å². The van der Waals surface area contributed by atoms with Crippen LogP contribution in [0.25, 0.3) is 0 Å². The number of hydrogen-bond acceptors (Lipinski definition) is 5. The highest BCUT2D eigenvalue weighted by molar-refractivity contribution is 6.30. The number of nitrogen functional groups attached to an aromatic ring is 1. The number of carbonyl (C=O) groups is 3. The van der Waals surface area contributed by atoms with Gasteiger partial charge in [0, 0.05) is 11.6 Å². The molecule has 1 atom stereocenters. The Balaban J connectivity index is 2.38. The molecule has 1 aliphatic rings. The third-order valence-corrected chi connectivity index (χ3v) is 3.19. The van der Waals surface area contributed by atoms with Crippen molar-refractivity contribution >= 4 is 23.4 Å². The van der Waals surface area contributed by atoms with Gasteiger partial charge in [-0.1, -0.05) is 13.0 Å². The lowest BCUT2D eigenvalue weighted by molar-refractivity contribution is -0.130. The van der Waals surface area contributed by atoms with E-state index in [4.69, 9.17) is 11.5 Å². The molecule has 0 radical (unpaired) electrons. The molecular formula is C13H15N3O3. The zero-order valence-corrected chi connectivity index (χ0v) is 10.6. The molecule has 0 fully saturated rings. The third kappa shape index (κ3) is 2.00. The molecule has 4 N–H and O–H groups in total. The molecule has 0 aromatic heterocycles. The van der Waals surface area contributed by atoms with Crippen molar-refractivity contribution in [1.29, 1.82) is 0 Å². The van der Waals surface area contributed by atoms with Crippen LogP contribution in [0.1, 0.15) is 34.1 Å². The van der Waals surface area contributed by atoms with E-state index in [0.717, 1.165) is 0 Å². The van der Waals surface area contributed by atoms with Crippen LogP contribution in [0.3, 0.4) is 0 Å². The van der Waals surface area contributed by atoms with Gasteiger partial charge in [0.05, 0.1) is 11.1 Å². The topological polar surface area (TPSA) is 106 Å². The summed E-state index contributed by atoms with van der Waals surface area (Å²) in [5.74, 6) is -2.27. The first-order valence-corrected chi connectivity index (χ1v) is 6.00. The largest absolute Gasteiger partial charge is 0.398 e. The number of nitrogens with zero attached hydrogens (tertiary/aromatic N) is 1. The molecule has 6 heteroatoms. The molecule has 19 heavy (non-hydrogen) atoms. The van der Waals surface area contributed by atoms with E-state index in [1.807, 2.05) is 0 Å². The lowest BCUT2D eigenvalue weighted by Gasteiger charge is -2.16. The maximum atomic E-state index is 12.2. The molecule has 2 rings (SSSR count). The fourth-order valence-corrected chi connectivity index (χ4v) is 2.11. The Kier molecular flexibility index (Phi) is 3.35. The van der Waals surface area contributed by atoms with Crippen molar-refractivity contribution in [3.63, 3.8) is 0 Å². The number of imide groups is 3. The summed E-state index contributed by atoms with van der Waals surface area (Å²) in [6.45, 7) is 1.96. The van der Waals surface area contributed by atoms with Gasteiger partial charge in [0.2, 0.25) is 5.91 Å². The molecule has 0 spiro atoms. The fourth-order valence-electron chi connectivity index (χ4n) is 2.11. The maximum absolute atomic E-state index is 12.2. The number of nitrogens with two attached hydrogens (primary N) is 2. The molecular weight excluding hydrogens is 246 g/mol. The molecule has 3 amide bonds. The minimum absolute atomic E-state index is 0.112. The van der Waals surface area contributed by atoms with E-state index >= 15 is 0 Å². The second-order valence-electron chi connectivity index (χ2n) is 4.53. The third-order valence-electron chi connectivity index (χ3n) is 3.19. The first-order chi connectivity index (χ1) is 8.99. The van der Waals surface area contributed by atoms with Gasteiger partial charge >= 0.3 is 0 Å². The standard InChI is InChI=1S/C13H15N3O3/c1-7(5-6-14)11(17)16-12(18)8-3-2-4-9(15)10(8)13(16)19/h2-4,7H,5-6,14-15H2,1H3. The fraction of sp³-hybridized carbons (Fsp3) is 0.308. The zero-order chi connectivity index (χ0) is 14.2. The Labute approximate surface area is 110 Å². The number of fused-ring (bicyclic) bond motifs is 1. The number of carbonyl (C=O) groups excluding carboxylic acids is 3. The number of rotatable bonds is 3. The molecule has 0 bridgehead atoms. The lowest BCUT2D eigenvalue weighted by atomic mass is 10.1. The first-order valence-electron chi connectivity index (χ1n) is 6.00. The Morgan fingerprint density at radius 2 is 2.00 bits per heavy atom. The summed E-state index contributed by atoms with van der Waals surface area (Å²) in [6.07, 6.45) is 0.418. The van der Waals surface area contributed by atoms with Crippen LogP contribution in [0.2, 0.25) is 0 Å². The van der Waals surface area contributed by atoms with E-state index in [1.54, 1.807) is 13.0 Å². The Bertz CT molecular complexity index is 568. The van der Waals surface area contributed by atoms with Gasteiger partial charge in [0.25, 0.3) is 11.8 Å². The minimum atomic E-state index is -0.646. The number of hydrogen-bond donors (Lipinski definition) is 2. The second kappa shape index (κ2) is 4.81. The minimum Gasteiger partial charge on any atom is -0.398 e. The quantitative estimate of drug-likeness (QED) is 0.604. The van der Waals surface area contributed by atoms with Gasteiger partial charge in [-0.05, 0) is 25.1 Å². The van der Waals surface area contributed by atoms with Gasteiger partial charge in [-0.15, -0.1) is 0 Å². The van der Waals surface area contributed by atoms with E-state index in [9.17, 15) is 14.4 Å². The lowest BCUT2D eigenvalue weighted by Crippen LogP contribution is -2.40. The van der Waals surface area contributed by atoms with Crippen LogP contribution in [-0.4, -0.2) is 29.2 Å². The van der Waals surface area contributed by atoms with Crippen LogP contribution in [0.5, 0.6) is 0 Å². The highest BCUT2D eigenvalue weighted by Gasteiger charge is 2.42. The smallest absolute Gasteiger partial charge is 0.270 e. The number of amides is 3. The summed E-state index contributed by atoms with van der Waals surface area (Å²) in [7, 11) is 0. The van der Waals surface area contributed by atoms with Crippen molar-refractivity contribution in [2.24, 2.45) is 11.7 Å². The van der Waals surface area contributed by atoms with Gasteiger partial charge < -0.3 is 11.5 Å². The van der Waals surface area contributed by atoms with Crippen LogP contribution in [0, 0.1) is 5.92 Å². The average Bonchev–Trinajstić information content (AvgIpc) is 2.62. The summed E-state index contributed by atoms with van der Waals surface area (Å²) in [5, 5.41) is 0. The number of benzene rings is 1. The highest BCUT2D eigenvalue weighted by Crippen LogP contribution is 2.28. The second-order valence-corrected chi connectivity index (χ2v) is 4.53. The van der Waals surface area contributed by atoms with Crippen molar-refractivity contribution in [2.75, 3.05) is 12.3 Å². The molecule has 1 aromatic carbocycles. The molecule has 0 saturated heterocycles. The van der Waals surface area contributed by atoms with Gasteiger partial charge in [0.1, 0.15) is 0 Å². The SMILES string of the molecule is CC(CCN)C(=O)N1C(=O)c2cccc(N)c2C1=O. The highest BCUT2D eigenvalue weighted by atomic mass is 16.2. The summed E-state index contributed by atoms with van der Waals surface area (Å²) in [5.41, 5.74) is 11.6. The molecule has 1 aliphatic heterocycles. The van der Waals surface area contributed by atoms with Crippen molar-refractivity contribution in [3.05, 3.63) is 29.3 Å². The van der Waals surface area contributed by atoms with E-state index in [2.05, 4.69) is 0 Å². The predicted octanol–water partition coefficient (Wildman–Crippen LogP) is 0.376. The molecule has 1 aromatic rings. The average molecular weight is 261 g/mol. The Hall–Kier alpha value is -2.21. The van der Waals surface area contributed by atoms with Crippen LogP contribution < -0.4 is 11.5 Å². The van der Waals surface area contributed by atoms with Crippen LogP contribution in [0.15, 0.2) is 18.2 Å². The summed E-state index contributed by atoms with van der Waals surface area (Å²) in [6, 6.07) is 4.60. The maximum Gasteiger partial charge on any atom is 0.270 e. The van der Waals surface area contributed by atoms with Gasteiger partial charge in [-0.2, -0.15) is 0 Å². The monoisotopic (exact) mass is 261 g/mol. The van der Waals surface area contributed by atoms with E-state index < -0.39 is 23.6 Å². The van der Waals surface area contributed by atoms with Crippen molar-refractivity contribution in [1.82, 2.24) is 4.90 Å². The summed E-state index contributed by atoms with van der Waals surface area (Å²) < 4.78 is 0. The van der Waals surface area contributed by atoms with Crippen LogP contribution in [-0.2, 0) is 4.79 Å². The molecule has 100 valence electrons. The zero-order valence-electron chi connectivity index (χ0n) is 10.6. The van der Waals surface area contributed by atoms with E-state index in [-0.39, 0.29) is 16.8 Å². The molecule has 0 aliphatic carbocycles. The molecule has 1 unspecified atom stereocenters. The Morgan fingerprint density at radius 1 is 1.32 bits per heavy atom. The van der Waals surface area contributed by atoms with Crippen molar-refractivity contribution < 1.29 is 14.4 Å². The Morgan fingerprint density at radius 3 is 2.58 bits per heavy atom. The number of anilines is 1. The van der Waals surface area contributed by atoms with Gasteiger partial charge in [0.15, 0.2) is 0 Å². The van der Waals surface area contributed by atoms with Gasteiger partial charge in [-0.25, -0.2) is 4.90 Å². The summed E-state index contributed by atoms with van der Waals surface area (Å²) >= 11 is 0. The summed E-state index contributed by atoms with van der Waals surface area (Å²) in [4.78, 5) is 37.0. The molecule has 6 nitrogen and oxygen atoms in total. The molecule has 0 saturated carbocycles. The van der Waals surface area contributed by atoms with E-state index in [0.29, 0.717) is 17.9 Å². The van der Waals surface area contributed by atoms with Crippen molar-refractivity contribution in [3.8, 4) is 0 Å². The van der Waals surface area contributed by atoms with E-state index in [1.165, 1.54) is 12.1 Å². The van der Waals surface area contributed by atoms with Gasteiger partial charge in [-0.3, -0.25) is 14.4 Å². The van der Waals surface area contributed by atoms with Crippen LogP contribution >= 0.6 is 0 Å². The van der Waals surface area contributed by atoms with Crippen LogP contribution in [0.4, 0.5) is 5.69 Å². The first kappa shape index (κ1) is 13.2. The molecule has 1 heterocycles.